The molecule has 0 saturated carbocycles. The molecule has 0 unspecified atom stereocenters. The van der Waals surface area contributed by atoms with E-state index in [9.17, 15) is 0 Å². The third kappa shape index (κ3) is 2.43. The first-order valence-electron chi connectivity index (χ1n) is 4.65. The van der Waals surface area contributed by atoms with Gasteiger partial charge in [-0.2, -0.15) is 0 Å². The Labute approximate surface area is 87.0 Å². The standard InChI is InChI=1S/C9H12N6/c10-8-9(15-6-5-13-8)14-2-1-7-11-3-4-12-7/h3-6H,1-2H2,(H2,10,13)(H,11,12)(H,14,15). The number of anilines is 2. The molecule has 78 valence electrons. The zero-order valence-electron chi connectivity index (χ0n) is 8.14. The second-order valence-electron chi connectivity index (χ2n) is 3.00. The Balaban J connectivity index is 1.86. The van der Waals surface area contributed by atoms with E-state index in [1.165, 1.54) is 0 Å². The highest BCUT2D eigenvalue weighted by Gasteiger charge is 2.00. The van der Waals surface area contributed by atoms with Crippen LogP contribution in [0.2, 0.25) is 0 Å². The second-order valence-corrected chi connectivity index (χ2v) is 3.00. The van der Waals surface area contributed by atoms with Gasteiger partial charge in [-0.15, -0.1) is 0 Å². The summed E-state index contributed by atoms with van der Waals surface area (Å²) in [5.74, 6) is 1.96. The first-order valence-corrected chi connectivity index (χ1v) is 4.65. The van der Waals surface area contributed by atoms with Crippen molar-refractivity contribution in [2.24, 2.45) is 0 Å². The van der Waals surface area contributed by atoms with Crippen LogP contribution < -0.4 is 11.1 Å². The Hall–Kier alpha value is -2.11. The van der Waals surface area contributed by atoms with Crippen LogP contribution >= 0.6 is 0 Å². The minimum Gasteiger partial charge on any atom is -0.381 e. The maximum atomic E-state index is 5.62. The van der Waals surface area contributed by atoms with Crippen molar-refractivity contribution in [3.05, 3.63) is 30.6 Å². The topological polar surface area (TPSA) is 92.5 Å². The maximum absolute atomic E-state index is 5.62. The molecule has 0 aliphatic rings. The summed E-state index contributed by atoms with van der Waals surface area (Å²) in [6, 6.07) is 0. The molecule has 0 aromatic carbocycles. The minimum atomic E-state index is 0.414. The molecule has 0 aliphatic heterocycles. The predicted molar refractivity (Wildman–Crippen MR) is 57.2 cm³/mol. The van der Waals surface area contributed by atoms with Crippen LogP contribution in [0, 0.1) is 0 Å². The van der Waals surface area contributed by atoms with E-state index in [-0.39, 0.29) is 0 Å². The highest BCUT2D eigenvalue weighted by atomic mass is 15.0. The van der Waals surface area contributed by atoms with E-state index in [1.54, 1.807) is 24.8 Å². The highest BCUT2D eigenvalue weighted by Crippen LogP contribution is 2.08. The van der Waals surface area contributed by atoms with Gasteiger partial charge in [-0.05, 0) is 0 Å². The van der Waals surface area contributed by atoms with Gasteiger partial charge in [0.05, 0.1) is 0 Å². The molecule has 6 heteroatoms. The fraction of sp³-hybridized carbons (Fsp3) is 0.222. The van der Waals surface area contributed by atoms with E-state index in [0.29, 0.717) is 11.6 Å². The average molecular weight is 204 g/mol. The number of nitrogens with zero attached hydrogens (tertiary/aromatic N) is 3. The van der Waals surface area contributed by atoms with Gasteiger partial charge < -0.3 is 16.0 Å². The van der Waals surface area contributed by atoms with Gasteiger partial charge in [0.15, 0.2) is 11.6 Å². The van der Waals surface area contributed by atoms with Crippen molar-refractivity contribution in [2.45, 2.75) is 6.42 Å². The van der Waals surface area contributed by atoms with Crippen LogP contribution in [-0.4, -0.2) is 26.5 Å². The molecular formula is C9H12N6. The summed E-state index contributed by atoms with van der Waals surface area (Å²) < 4.78 is 0. The number of imidazole rings is 1. The molecule has 0 atom stereocenters. The quantitative estimate of drug-likeness (QED) is 0.671. The number of hydrogen-bond donors (Lipinski definition) is 3. The summed E-state index contributed by atoms with van der Waals surface area (Å²) in [5.41, 5.74) is 5.62. The van der Waals surface area contributed by atoms with Crippen molar-refractivity contribution in [3.63, 3.8) is 0 Å². The summed E-state index contributed by atoms with van der Waals surface area (Å²) in [6.07, 6.45) is 7.49. The van der Waals surface area contributed by atoms with Crippen LogP contribution in [0.25, 0.3) is 0 Å². The summed E-state index contributed by atoms with van der Waals surface area (Å²) in [5, 5.41) is 3.09. The van der Waals surface area contributed by atoms with E-state index in [4.69, 9.17) is 5.73 Å². The second kappa shape index (κ2) is 4.41. The number of hydrogen-bond acceptors (Lipinski definition) is 5. The Morgan fingerprint density at radius 2 is 2.07 bits per heavy atom. The monoisotopic (exact) mass is 204 g/mol. The molecule has 0 spiro atoms. The van der Waals surface area contributed by atoms with Gasteiger partial charge in [-0.1, -0.05) is 0 Å². The first-order chi connectivity index (χ1) is 7.36. The Morgan fingerprint density at radius 3 is 2.80 bits per heavy atom. The lowest BCUT2D eigenvalue weighted by Crippen LogP contribution is -2.09. The molecule has 2 aromatic rings. The minimum absolute atomic E-state index is 0.414. The molecule has 0 radical (unpaired) electrons. The average Bonchev–Trinajstić information content (AvgIpc) is 2.74. The predicted octanol–water partition coefficient (Wildman–Crippen LogP) is 0.436. The lowest BCUT2D eigenvalue weighted by molar-refractivity contribution is 0.920. The van der Waals surface area contributed by atoms with Crippen LogP contribution in [-0.2, 0) is 6.42 Å². The molecule has 4 N–H and O–H groups in total. The molecule has 0 amide bonds. The molecule has 0 fully saturated rings. The number of nitrogens with two attached hydrogens (primary N) is 1. The van der Waals surface area contributed by atoms with Crippen molar-refractivity contribution in [1.82, 2.24) is 19.9 Å². The molecular weight excluding hydrogens is 192 g/mol. The van der Waals surface area contributed by atoms with Crippen molar-refractivity contribution >= 4 is 11.6 Å². The molecule has 0 aliphatic carbocycles. The van der Waals surface area contributed by atoms with Gasteiger partial charge in [0.2, 0.25) is 0 Å². The molecule has 6 nitrogen and oxygen atoms in total. The van der Waals surface area contributed by atoms with E-state index in [1.807, 2.05) is 0 Å². The Morgan fingerprint density at radius 1 is 1.20 bits per heavy atom. The zero-order valence-corrected chi connectivity index (χ0v) is 8.14. The summed E-state index contributed by atoms with van der Waals surface area (Å²) >= 11 is 0. The number of nitrogens with one attached hydrogen (secondary N) is 2. The van der Waals surface area contributed by atoms with Crippen LogP contribution in [0.5, 0.6) is 0 Å². The largest absolute Gasteiger partial charge is 0.381 e. The van der Waals surface area contributed by atoms with Crippen molar-refractivity contribution in [1.29, 1.82) is 0 Å². The van der Waals surface area contributed by atoms with Gasteiger partial charge in [0.25, 0.3) is 0 Å². The smallest absolute Gasteiger partial charge is 0.168 e. The lowest BCUT2D eigenvalue weighted by atomic mass is 10.4. The maximum Gasteiger partial charge on any atom is 0.168 e. The van der Waals surface area contributed by atoms with Crippen molar-refractivity contribution in [3.8, 4) is 0 Å². The van der Waals surface area contributed by atoms with Gasteiger partial charge in [-0.3, -0.25) is 0 Å². The third-order valence-corrected chi connectivity index (χ3v) is 1.94. The lowest BCUT2D eigenvalue weighted by Gasteiger charge is -2.05. The number of rotatable bonds is 4. The zero-order chi connectivity index (χ0) is 10.5. The number of aromatic nitrogens is 4. The first kappa shape index (κ1) is 9.45. The number of H-pyrrole nitrogens is 1. The molecule has 2 heterocycles. The van der Waals surface area contributed by atoms with Gasteiger partial charge in [0, 0.05) is 37.8 Å². The van der Waals surface area contributed by atoms with Gasteiger partial charge in [-0.25, -0.2) is 15.0 Å². The third-order valence-electron chi connectivity index (χ3n) is 1.94. The van der Waals surface area contributed by atoms with E-state index in [0.717, 1.165) is 18.8 Å². The molecule has 15 heavy (non-hydrogen) atoms. The molecule has 0 bridgehead atoms. The normalized spacial score (nSPS) is 10.1. The molecule has 0 saturated heterocycles. The van der Waals surface area contributed by atoms with Gasteiger partial charge in [0.1, 0.15) is 5.82 Å². The number of aromatic amines is 1. The summed E-state index contributed by atoms with van der Waals surface area (Å²) in [7, 11) is 0. The summed E-state index contributed by atoms with van der Waals surface area (Å²) in [6.45, 7) is 0.719. The van der Waals surface area contributed by atoms with Gasteiger partial charge >= 0.3 is 0 Å². The van der Waals surface area contributed by atoms with Crippen LogP contribution in [0.15, 0.2) is 24.8 Å². The highest BCUT2D eigenvalue weighted by molar-refractivity contribution is 5.54. The fourth-order valence-electron chi connectivity index (χ4n) is 1.22. The van der Waals surface area contributed by atoms with Crippen LogP contribution in [0.4, 0.5) is 11.6 Å². The molecule has 2 aromatic heterocycles. The fourth-order valence-corrected chi connectivity index (χ4v) is 1.22. The van der Waals surface area contributed by atoms with E-state index < -0.39 is 0 Å². The number of nitrogen functional groups attached to an aromatic ring is 1. The van der Waals surface area contributed by atoms with Crippen molar-refractivity contribution < 1.29 is 0 Å². The molecule has 2 rings (SSSR count). The van der Waals surface area contributed by atoms with Crippen molar-refractivity contribution in [2.75, 3.05) is 17.6 Å². The van der Waals surface area contributed by atoms with Crippen LogP contribution in [0.1, 0.15) is 5.82 Å². The van der Waals surface area contributed by atoms with E-state index in [2.05, 4.69) is 25.3 Å². The SMILES string of the molecule is Nc1nccnc1NCCc1ncc[nH]1. The Bertz CT molecular complexity index is 410. The summed E-state index contributed by atoms with van der Waals surface area (Å²) in [4.78, 5) is 15.1. The Kier molecular flexibility index (Phi) is 2.77. The van der Waals surface area contributed by atoms with Crippen LogP contribution in [0.3, 0.4) is 0 Å². The van der Waals surface area contributed by atoms with E-state index >= 15 is 0 Å².